The van der Waals surface area contributed by atoms with Gasteiger partial charge in [-0.2, -0.15) is 5.10 Å². The second kappa shape index (κ2) is 8.30. The van der Waals surface area contributed by atoms with Crippen LogP contribution in [0.2, 0.25) is 0 Å². The highest BCUT2D eigenvalue weighted by Crippen LogP contribution is 2.35. The molecule has 5 aromatic rings. The number of fused-ring (bicyclic) bond motifs is 3. The summed E-state index contributed by atoms with van der Waals surface area (Å²) in [4.78, 5) is 19.7. The van der Waals surface area contributed by atoms with Crippen LogP contribution in [0, 0.1) is 6.92 Å². The molecule has 0 bridgehead atoms. The third-order valence-electron chi connectivity index (χ3n) is 6.84. The normalized spacial score (nSPS) is 14.2. The topological polar surface area (TPSA) is 90.1 Å². The highest BCUT2D eigenvalue weighted by molar-refractivity contribution is 7.90. The minimum Gasteiger partial charge on any atom is -0.339 e. The lowest BCUT2D eigenvalue weighted by molar-refractivity contribution is 0.0793. The largest absolute Gasteiger partial charge is 0.339 e. The molecule has 0 atom stereocenters. The first kappa shape index (κ1) is 22.5. The van der Waals surface area contributed by atoms with Gasteiger partial charge in [0.05, 0.1) is 22.3 Å². The summed E-state index contributed by atoms with van der Waals surface area (Å²) in [6.45, 7) is 3.40. The van der Waals surface area contributed by atoms with E-state index >= 15 is 0 Å². The van der Waals surface area contributed by atoms with Gasteiger partial charge >= 0.3 is 0 Å². The summed E-state index contributed by atoms with van der Waals surface area (Å²) < 4.78 is 31.1. The molecule has 3 aromatic heterocycles. The molecule has 182 valence electrons. The van der Waals surface area contributed by atoms with Crippen molar-refractivity contribution in [2.75, 3.05) is 13.1 Å². The van der Waals surface area contributed by atoms with Crippen LogP contribution in [0.5, 0.6) is 0 Å². The number of likely N-dealkylation sites (tertiary alicyclic amines) is 1. The van der Waals surface area contributed by atoms with Crippen LogP contribution < -0.4 is 0 Å². The van der Waals surface area contributed by atoms with Crippen LogP contribution in [0.15, 0.2) is 71.9 Å². The van der Waals surface area contributed by atoms with Crippen molar-refractivity contribution in [1.29, 1.82) is 0 Å². The van der Waals surface area contributed by atoms with Gasteiger partial charge in [-0.15, -0.1) is 0 Å². The maximum absolute atomic E-state index is 14.0. The molecule has 6 rings (SSSR count). The van der Waals surface area contributed by atoms with E-state index in [1.54, 1.807) is 59.5 Å². The Balaban J connectivity index is 1.61. The molecule has 0 saturated carbocycles. The maximum atomic E-state index is 14.0. The Morgan fingerprint density at radius 1 is 0.972 bits per heavy atom. The van der Waals surface area contributed by atoms with Gasteiger partial charge in [0.25, 0.3) is 15.9 Å². The van der Waals surface area contributed by atoms with Crippen LogP contribution in [0.3, 0.4) is 0 Å². The molecule has 0 N–H and O–H groups in total. The predicted molar refractivity (Wildman–Crippen MR) is 138 cm³/mol. The molecular weight excluding hydrogens is 474 g/mol. The summed E-state index contributed by atoms with van der Waals surface area (Å²) in [6, 6.07) is 15.8. The van der Waals surface area contributed by atoms with Crippen molar-refractivity contribution in [3.05, 3.63) is 78.1 Å². The van der Waals surface area contributed by atoms with Gasteiger partial charge in [0, 0.05) is 48.2 Å². The summed E-state index contributed by atoms with van der Waals surface area (Å²) in [7, 11) is -2.18. The van der Waals surface area contributed by atoms with Crippen molar-refractivity contribution in [2.24, 2.45) is 7.05 Å². The van der Waals surface area contributed by atoms with Gasteiger partial charge in [0.1, 0.15) is 0 Å². The Morgan fingerprint density at radius 2 is 1.72 bits per heavy atom. The standard InChI is InChI=1S/C27H25N5O3S/c1-18-8-10-22(11-9-18)36(34,35)32-24(15-23-25-21(16-28-26(23)32)17-29-30(25)2)19-6-5-7-20(14-19)27(33)31-12-3-4-13-31/h5-11,14-17H,3-4,12-13H2,1-2H3. The molecule has 9 heteroatoms. The summed E-state index contributed by atoms with van der Waals surface area (Å²) in [6.07, 6.45) is 5.35. The molecule has 4 heterocycles. The van der Waals surface area contributed by atoms with Gasteiger partial charge < -0.3 is 4.90 Å². The summed E-state index contributed by atoms with van der Waals surface area (Å²) >= 11 is 0. The van der Waals surface area contributed by atoms with E-state index in [2.05, 4.69) is 10.1 Å². The van der Waals surface area contributed by atoms with Crippen LogP contribution in [-0.4, -0.2) is 51.1 Å². The molecule has 1 amide bonds. The summed E-state index contributed by atoms with van der Waals surface area (Å²) in [5.74, 6) is -0.0365. The lowest BCUT2D eigenvalue weighted by atomic mass is 10.1. The fourth-order valence-electron chi connectivity index (χ4n) is 4.96. The number of carbonyl (C=O) groups excluding carboxylic acids is 1. The highest BCUT2D eigenvalue weighted by atomic mass is 32.2. The maximum Gasteiger partial charge on any atom is 0.269 e. The third kappa shape index (κ3) is 3.50. The fraction of sp³-hybridized carbons (Fsp3) is 0.222. The Morgan fingerprint density at radius 3 is 2.47 bits per heavy atom. The van der Waals surface area contributed by atoms with Crippen molar-refractivity contribution in [1.82, 2.24) is 23.6 Å². The third-order valence-corrected chi connectivity index (χ3v) is 8.56. The van der Waals surface area contributed by atoms with Gasteiger partial charge in [-0.3, -0.25) is 9.48 Å². The van der Waals surface area contributed by atoms with E-state index in [9.17, 15) is 13.2 Å². The SMILES string of the molecule is Cc1ccc(S(=O)(=O)n2c(-c3cccc(C(=O)N4CCCC4)c3)cc3c4c(cnc32)cnn4C)cc1. The van der Waals surface area contributed by atoms with Crippen molar-refractivity contribution in [3.63, 3.8) is 0 Å². The number of aromatic nitrogens is 4. The minimum atomic E-state index is -4.00. The zero-order chi connectivity index (χ0) is 25.0. The van der Waals surface area contributed by atoms with Gasteiger partial charge in [0.2, 0.25) is 0 Å². The average molecular weight is 500 g/mol. The molecule has 1 fully saturated rings. The Bertz CT molecular complexity index is 1740. The van der Waals surface area contributed by atoms with Crippen molar-refractivity contribution < 1.29 is 13.2 Å². The van der Waals surface area contributed by atoms with Crippen LogP contribution in [0.25, 0.3) is 33.2 Å². The Hall–Kier alpha value is -3.98. The Labute approximate surface area is 208 Å². The monoisotopic (exact) mass is 499 g/mol. The number of carbonyl (C=O) groups is 1. The van der Waals surface area contributed by atoms with E-state index in [4.69, 9.17) is 0 Å². The van der Waals surface area contributed by atoms with Crippen LogP contribution >= 0.6 is 0 Å². The number of pyridine rings is 1. The van der Waals surface area contributed by atoms with Crippen LogP contribution in [0.4, 0.5) is 0 Å². The molecule has 2 aromatic carbocycles. The van der Waals surface area contributed by atoms with E-state index in [0.29, 0.717) is 27.9 Å². The Kier molecular flexibility index (Phi) is 5.19. The second-order valence-corrected chi connectivity index (χ2v) is 11.0. The number of hydrogen-bond acceptors (Lipinski definition) is 5. The molecule has 0 aliphatic carbocycles. The quantitative estimate of drug-likeness (QED) is 0.366. The number of rotatable bonds is 4. The number of hydrogen-bond donors (Lipinski definition) is 0. The molecule has 1 aliphatic heterocycles. The lowest BCUT2D eigenvalue weighted by Crippen LogP contribution is -2.27. The van der Waals surface area contributed by atoms with Gasteiger partial charge in [-0.25, -0.2) is 17.4 Å². The van der Waals surface area contributed by atoms with E-state index in [-0.39, 0.29) is 10.8 Å². The van der Waals surface area contributed by atoms with Gasteiger partial charge in [0.15, 0.2) is 5.65 Å². The van der Waals surface area contributed by atoms with Crippen LogP contribution in [-0.2, 0) is 17.1 Å². The van der Waals surface area contributed by atoms with Crippen LogP contribution in [0.1, 0.15) is 28.8 Å². The van der Waals surface area contributed by atoms with Crippen molar-refractivity contribution in [3.8, 4) is 11.3 Å². The molecule has 0 unspecified atom stereocenters. The number of benzene rings is 2. The van der Waals surface area contributed by atoms with Gasteiger partial charge in [-0.05, 0) is 50.1 Å². The number of aryl methyl sites for hydroxylation is 2. The number of nitrogens with zero attached hydrogens (tertiary/aromatic N) is 5. The smallest absolute Gasteiger partial charge is 0.269 e. The first-order chi connectivity index (χ1) is 17.3. The molecule has 0 radical (unpaired) electrons. The summed E-state index contributed by atoms with van der Waals surface area (Å²) in [5, 5.41) is 5.83. The molecule has 36 heavy (non-hydrogen) atoms. The molecule has 1 aliphatic rings. The second-order valence-electron chi connectivity index (χ2n) is 9.26. The zero-order valence-electron chi connectivity index (χ0n) is 20.0. The van der Waals surface area contributed by atoms with Crippen molar-refractivity contribution in [2.45, 2.75) is 24.7 Å². The first-order valence-corrected chi connectivity index (χ1v) is 13.3. The van der Waals surface area contributed by atoms with E-state index in [1.165, 1.54) is 3.97 Å². The lowest BCUT2D eigenvalue weighted by Gasteiger charge is -2.16. The van der Waals surface area contributed by atoms with E-state index in [0.717, 1.165) is 42.4 Å². The zero-order valence-corrected chi connectivity index (χ0v) is 20.9. The van der Waals surface area contributed by atoms with E-state index in [1.807, 2.05) is 31.0 Å². The molecule has 0 spiro atoms. The van der Waals surface area contributed by atoms with Gasteiger partial charge in [-0.1, -0.05) is 29.8 Å². The average Bonchev–Trinajstić information content (AvgIpc) is 3.62. The van der Waals surface area contributed by atoms with E-state index < -0.39 is 10.0 Å². The first-order valence-electron chi connectivity index (χ1n) is 11.9. The number of amides is 1. The predicted octanol–water partition coefficient (Wildman–Crippen LogP) is 4.37. The fourth-order valence-corrected chi connectivity index (χ4v) is 6.44. The molecular formula is C27H25N5O3S. The molecule has 1 saturated heterocycles. The minimum absolute atomic E-state index is 0.0365. The van der Waals surface area contributed by atoms with Crippen molar-refractivity contribution >= 4 is 37.9 Å². The molecule has 8 nitrogen and oxygen atoms in total. The summed E-state index contributed by atoms with van der Waals surface area (Å²) in [5.41, 5.74) is 3.69. The highest BCUT2D eigenvalue weighted by Gasteiger charge is 2.27.